The van der Waals surface area contributed by atoms with E-state index in [1.54, 1.807) is 18.4 Å². The van der Waals surface area contributed by atoms with E-state index in [1.165, 1.54) is 0 Å². The van der Waals surface area contributed by atoms with E-state index in [9.17, 15) is 4.79 Å². The Morgan fingerprint density at radius 3 is 3.11 bits per heavy atom. The van der Waals surface area contributed by atoms with Crippen molar-refractivity contribution in [1.29, 1.82) is 0 Å². The van der Waals surface area contributed by atoms with Gasteiger partial charge < -0.3 is 10.1 Å². The highest BCUT2D eigenvalue weighted by molar-refractivity contribution is 7.14. The van der Waals surface area contributed by atoms with Crippen LogP contribution in [0.1, 0.15) is 16.6 Å². The molecule has 2 aromatic rings. The number of rotatable bonds is 5. The van der Waals surface area contributed by atoms with Crippen molar-refractivity contribution in [2.45, 2.75) is 13.0 Å². The van der Waals surface area contributed by atoms with Gasteiger partial charge in [-0.2, -0.15) is 0 Å². The maximum absolute atomic E-state index is 12.1. The topological polar surface area (TPSA) is 64.1 Å². The lowest BCUT2D eigenvalue weighted by molar-refractivity contribution is 0.0910. The summed E-state index contributed by atoms with van der Waals surface area (Å²) in [7, 11) is 1.61. The van der Waals surface area contributed by atoms with Crippen LogP contribution in [-0.4, -0.2) is 35.3 Å². The van der Waals surface area contributed by atoms with E-state index in [0.29, 0.717) is 17.2 Å². The predicted octanol–water partition coefficient (Wildman–Crippen LogP) is 2.03. The van der Waals surface area contributed by atoms with Crippen LogP contribution in [0.5, 0.6) is 0 Å². The molecule has 0 aliphatic rings. The van der Waals surface area contributed by atoms with E-state index in [2.05, 4.69) is 14.9 Å². The minimum atomic E-state index is -0.155. The standard InChI is InChI=1S/C11H13N3O2S2/c1-7(6-16-2)12-11(15)10-9(13-14-18-10)8-4-3-5-17-8/h3-5,7H,6H2,1-2H3,(H,12,15). The van der Waals surface area contributed by atoms with E-state index < -0.39 is 0 Å². The Bertz CT molecular complexity index is 510. The van der Waals surface area contributed by atoms with Crippen molar-refractivity contribution in [3.63, 3.8) is 0 Å². The molecule has 0 aliphatic heterocycles. The molecular weight excluding hydrogens is 270 g/mol. The summed E-state index contributed by atoms with van der Waals surface area (Å²) in [4.78, 5) is 13.6. The maximum Gasteiger partial charge on any atom is 0.265 e. The number of thiophene rings is 1. The lowest BCUT2D eigenvalue weighted by atomic mass is 10.2. The molecule has 0 radical (unpaired) electrons. The molecule has 1 amide bonds. The molecule has 18 heavy (non-hydrogen) atoms. The second-order valence-corrected chi connectivity index (χ2v) is 5.46. The molecule has 5 nitrogen and oxygen atoms in total. The first kappa shape index (κ1) is 13.1. The van der Waals surface area contributed by atoms with Gasteiger partial charge in [0.25, 0.3) is 5.91 Å². The van der Waals surface area contributed by atoms with Gasteiger partial charge in [-0.25, -0.2) is 0 Å². The van der Waals surface area contributed by atoms with Crippen LogP contribution < -0.4 is 5.32 Å². The lowest BCUT2D eigenvalue weighted by Gasteiger charge is -2.11. The zero-order chi connectivity index (χ0) is 13.0. The molecule has 0 aromatic carbocycles. The first-order chi connectivity index (χ1) is 8.72. The smallest absolute Gasteiger partial charge is 0.265 e. The highest BCUT2D eigenvalue weighted by Gasteiger charge is 2.19. The average Bonchev–Trinajstić information content (AvgIpc) is 3.00. The Kier molecular flexibility index (Phi) is 4.40. The van der Waals surface area contributed by atoms with Crippen molar-refractivity contribution in [3.8, 4) is 10.6 Å². The summed E-state index contributed by atoms with van der Waals surface area (Å²) in [5.41, 5.74) is 0.650. The molecule has 0 spiro atoms. The molecule has 1 N–H and O–H groups in total. The third-order valence-electron chi connectivity index (χ3n) is 2.24. The molecule has 1 unspecified atom stereocenters. The van der Waals surface area contributed by atoms with Gasteiger partial charge in [-0.05, 0) is 29.9 Å². The minimum absolute atomic E-state index is 0.0409. The minimum Gasteiger partial charge on any atom is -0.383 e. The Morgan fingerprint density at radius 1 is 1.61 bits per heavy atom. The molecule has 2 aromatic heterocycles. The van der Waals surface area contributed by atoms with Gasteiger partial charge in [0, 0.05) is 13.2 Å². The van der Waals surface area contributed by atoms with E-state index in [1.807, 2.05) is 24.4 Å². The number of methoxy groups -OCH3 is 1. The van der Waals surface area contributed by atoms with Crippen molar-refractivity contribution in [1.82, 2.24) is 14.9 Å². The molecule has 2 rings (SSSR count). The highest BCUT2D eigenvalue weighted by atomic mass is 32.1. The van der Waals surface area contributed by atoms with Crippen molar-refractivity contribution >= 4 is 28.8 Å². The van der Waals surface area contributed by atoms with Crippen LogP contribution in [0.15, 0.2) is 17.5 Å². The summed E-state index contributed by atoms with van der Waals surface area (Å²) >= 11 is 2.65. The van der Waals surface area contributed by atoms with Gasteiger partial charge in [0.2, 0.25) is 0 Å². The predicted molar refractivity (Wildman–Crippen MR) is 72.0 cm³/mol. The molecule has 2 heterocycles. The average molecular weight is 283 g/mol. The Balaban J connectivity index is 2.14. The summed E-state index contributed by atoms with van der Waals surface area (Å²) in [6.45, 7) is 2.37. The zero-order valence-electron chi connectivity index (χ0n) is 10.0. The Morgan fingerprint density at radius 2 is 2.44 bits per heavy atom. The first-order valence-electron chi connectivity index (χ1n) is 5.38. The fourth-order valence-electron chi connectivity index (χ4n) is 1.50. The number of hydrogen-bond donors (Lipinski definition) is 1. The molecule has 0 aliphatic carbocycles. The number of hydrogen-bond acceptors (Lipinski definition) is 6. The second kappa shape index (κ2) is 6.03. The number of nitrogens with one attached hydrogen (secondary N) is 1. The molecule has 0 fully saturated rings. The van der Waals surface area contributed by atoms with Gasteiger partial charge in [0.15, 0.2) is 0 Å². The lowest BCUT2D eigenvalue weighted by Crippen LogP contribution is -2.35. The fourth-order valence-corrected chi connectivity index (χ4v) is 2.86. The van der Waals surface area contributed by atoms with Crippen molar-refractivity contribution in [2.24, 2.45) is 0 Å². The summed E-state index contributed by atoms with van der Waals surface area (Å²) in [5, 5.41) is 8.82. The second-order valence-electron chi connectivity index (χ2n) is 3.76. The quantitative estimate of drug-likeness (QED) is 0.912. The normalized spacial score (nSPS) is 12.3. The van der Waals surface area contributed by atoms with Crippen LogP contribution in [0.25, 0.3) is 10.6 Å². The molecular formula is C11H13N3O2S2. The van der Waals surface area contributed by atoms with Crippen LogP contribution in [-0.2, 0) is 4.74 Å². The van der Waals surface area contributed by atoms with Gasteiger partial charge in [-0.1, -0.05) is 10.6 Å². The van der Waals surface area contributed by atoms with E-state index in [-0.39, 0.29) is 11.9 Å². The summed E-state index contributed by atoms with van der Waals surface area (Å²) < 4.78 is 8.84. The fraction of sp³-hybridized carbons (Fsp3) is 0.364. The molecule has 0 saturated heterocycles. The van der Waals surface area contributed by atoms with Crippen LogP contribution >= 0.6 is 22.9 Å². The molecule has 7 heteroatoms. The van der Waals surface area contributed by atoms with Crippen LogP contribution in [0.2, 0.25) is 0 Å². The molecule has 0 bridgehead atoms. The molecule has 1 atom stereocenters. The summed E-state index contributed by atoms with van der Waals surface area (Å²) in [6, 6.07) is 3.81. The summed E-state index contributed by atoms with van der Waals surface area (Å²) in [6.07, 6.45) is 0. The zero-order valence-corrected chi connectivity index (χ0v) is 11.7. The van der Waals surface area contributed by atoms with Gasteiger partial charge >= 0.3 is 0 Å². The van der Waals surface area contributed by atoms with E-state index >= 15 is 0 Å². The number of carbonyl (C=O) groups excluding carboxylic acids is 1. The summed E-state index contributed by atoms with van der Waals surface area (Å²) in [5.74, 6) is -0.155. The monoisotopic (exact) mass is 283 g/mol. The first-order valence-corrected chi connectivity index (χ1v) is 7.03. The van der Waals surface area contributed by atoms with Crippen LogP contribution in [0, 0.1) is 0 Å². The van der Waals surface area contributed by atoms with Gasteiger partial charge in [0.05, 0.1) is 11.5 Å². The number of amides is 1. The van der Waals surface area contributed by atoms with Crippen LogP contribution in [0.4, 0.5) is 0 Å². The molecule has 0 saturated carbocycles. The van der Waals surface area contributed by atoms with Gasteiger partial charge in [-0.15, -0.1) is 16.4 Å². The van der Waals surface area contributed by atoms with E-state index in [0.717, 1.165) is 16.4 Å². The van der Waals surface area contributed by atoms with Gasteiger partial charge in [0.1, 0.15) is 10.6 Å². The van der Waals surface area contributed by atoms with Crippen LogP contribution in [0.3, 0.4) is 0 Å². The maximum atomic E-state index is 12.1. The number of nitrogens with zero attached hydrogens (tertiary/aromatic N) is 2. The number of ether oxygens (including phenoxy) is 1. The van der Waals surface area contributed by atoms with Crippen molar-refractivity contribution in [3.05, 3.63) is 22.4 Å². The Labute approximate surface area is 113 Å². The largest absolute Gasteiger partial charge is 0.383 e. The van der Waals surface area contributed by atoms with Crippen molar-refractivity contribution < 1.29 is 9.53 Å². The Hall–Kier alpha value is -1.31. The number of carbonyl (C=O) groups is 1. The van der Waals surface area contributed by atoms with Crippen molar-refractivity contribution in [2.75, 3.05) is 13.7 Å². The third kappa shape index (κ3) is 2.92. The third-order valence-corrected chi connectivity index (χ3v) is 3.84. The molecule has 96 valence electrons. The SMILES string of the molecule is COCC(C)NC(=O)c1snnc1-c1cccs1. The number of aromatic nitrogens is 2. The highest BCUT2D eigenvalue weighted by Crippen LogP contribution is 2.27. The van der Waals surface area contributed by atoms with E-state index in [4.69, 9.17) is 4.74 Å². The van der Waals surface area contributed by atoms with Gasteiger partial charge in [-0.3, -0.25) is 4.79 Å².